The van der Waals surface area contributed by atoms with Gasteiger partial charge in [0, 0.05) is 60.0 Å². The van der Waals surface area contributed by atoms with Crippen LogP contribution < -0.4 is 10.9 Å². The Hall–Kier alpha value is -3.38. The number of nitrogens with one attached hydrogen (secondary N) is 1. The van der Waals surface area contributed by atoms with Gasteiger partial charge in [-0.1, -0.05) is 18.2 Å². The number of methoxy groups -OCH3 is 1. The number of hydrogen-bond acceptors (Lipinski definition) is 3. The standard InChI is InChI=1S/C24H25N3O3/c1-15-16(2)27(11-12-30-4)22-10-9-17(13-20(15)22)25-23(28)21-14-26(3)24(29)19-8-6-5-7-18(19)21/h5-10,13-14H,11-12H2,1-4H3,(H,25,28). The van der Waals surface area contributed by atoms with Crippen LogP contribution in [0, 0.1) is 13.8 Å². The molecule has 1 amide bonds. The van der Waals surface area contributed by atoms with Gasteiger partial charge in [0.2, 0.25) is 0 Å². The quantitative estimate of drug-likeness (QED) is 0.548. The third-order valence-electron chi connectivity index (χ3n) is 5.75. The summed E-state index contributed by atoms with van der Waals surface area (Å²) in [5.41, 5.74) is 4.56. The summed E-state index contributed by atoms with van der Waals surface area (Å²) in [5.74, 6) is -0.241. The number of anilines is 1. The lowest BCUT2D eigenvalue weighted by Gasteiger charge is -2.11. The first kappa shape index (κ1) is 19.9. The molecule has 6 heteroatoms. The maximum Gasteiger partial charge on any atom is 0.258 e. The lowest BCUT2D eigenvalue weighted by atomic mass is 10.1. The summed E-state index contributed by atoms with van der Waals surface area (Å²) in [6.07, 6.45) is 1.59. The minimum Gasteiger partial charge on any atom is -0.383 e. The van der Waals surface area contributed by atoms with Gasteiger partial charge in [-0.25, -0.2) is 0 Å². The maximum absolute atomic E-state index is 13.1. The van der Waals surface area contributed by atoms with E-state index in [-0.39, 0.29) is 11.5 Å². The summed E-state index contributed by atoms with van der Waals surface area (Å²) in [5, 5.41) is 5.29. The van der Waals surface area contributed by atoms with Crippen LogP contribution in [0.4, 0.5) is 5.69 Å². The van der Waals surface area contributed by atoms with Crippen LogP contribution in [0.5, 0.6) is 0 Å². The van der Waals surface area contributed by atoms with Crippen molar-refractivity contribution < 1.29 is 9.53 Å². The monoisotopic (exact) mass is 403 g/mol. The molecule has 154 valence electrons. The van der Waals surface area contributed by atoms with E-state index in [0.717, 1.165) is 23.1 Å². The molecule has 0 bridgehead atoms. The topological polar surface area (TPSA) is 65.3 Å². The predicted octanol–water partition coefficient (Wildman–Crippen LogP) is 4.01. The first-order chi connectivity index (χ1) is 14.4. The van der Waals surface area contributed by atoms with Gasteiger partial charge in [0.15, 0.2) is 0 Å². The minimum atomic E-state index is -0.241. The molecule has 6 nitrogen and oxygen atoms in total. The van der Waals surface area contributed by atoms with E-state index in [9.17, 15) is 9.59 Å². The van der Waals surface area contributed by atoms with Gasteiger partial charge in [0.05, 0.1) is 12.2 Å². The molecule has 0 aliphatic heterocycles. The summed E-state index contributed by atoms with van der Waals surface area (Å²) in [4.78, 5) is 25.5. The van der Waals surface area contributed by atoms with E-state index in [1.54, 1.807) is 38.6 Å². The minimum absolute atomic E-state index is 0.118. The van der Waals surface area contributed by atoms with E-state index in [0.29, 0.717) is 22.9 Å². The number of fused-ring (bicyclic) bond motifs is 2. The summed E-state index contributed by atoms with van der Waals surface area (Å²) in [6.45, 7) is 5.61. The first-order valence-corrected chi connectivity index (χ1v) is 9.90. The van der Waals surface area contributed by atoms with E-state index >= 15 is 0 Å². The fourth-order valence-electron chi connectivity index (χ4n) is 3.99. The van der Waals surface area contributed by atoms with Crippen molar-refractivity contribution in [1.82, 2.24) is 9.13 Å². The van der Waals surface area contributed by atoms with Gasteiger partial charge < -0.3 is 19.2 Å². The number of ether oxygens (including phenoxy) is 1. The van der Waals surface area contributed by atoms with E-state index in [1.807, 2.05) is 24.3 Å². The Balaban J connectivity index is 1.72. The number of pyridine rings is 1. The molecule has 0 spiro atoms. The molecule has 2 heterocycles. The summed E-state index contributed by atoms with van der Waals surface area (Å²) in [6, 6.07) is 13.1. The van der Waals surface area contributed by atoms with Gasteiger partial charge in [0.25, 0.3) is 11.5 Å². The Bertz CT molecular complexity index is 1330. The number of aryl methyl sites for hydroxylation is 2. The third-order valence-corrected chi connectivity index (χ3v) is 5.75. The molecule has 0 fully saturated rings. The Kier molecular flexibility index (Phi) is 5.18. The molecular weight excluding hydrogens is 378 g/mol. The zero-order chi connectivity index (χ0) is 21.4. The average molecular weight is 403 g/mol. The Morgan fingerprint density at radius 2 is 1.80 bits per heavy atom. The molecule has 0 atom stereocenters. The number of hydrogen-bond donors (Lipinski definition) is 1. The van der Waals surface area contributed by atoms with E-state index in [2.05, 4.69) is 23.7 Å². The number of benzene rings is 2. The van der Waals surface area contributed by atoms with Crippen molar-refractivity contribution in [3.8, 4) is 0 Å². The number of aromatic nitrogens is 2. The van der Waals surface area contributed by atoms with Gasteiger partial charge in [-0.15, -0.1) is 0 Å². The predicted molar refractivity (Wildman–Crippen MR) is 120 cm³/mol. The molecule has 1 N–H and O–H groups in total. The van der Waals surface area contributed by atoms with Crippen molar-refractivity contribution in [2.24, 2.45) is 7.05 Å². The highest BCUT2D eigenvalue weighted by Gasteiger charge is 2.16. The molecule has 0 saturated heterocycles. The number of nitrogens with zero attached hydrogens (tertiary/aromatic N) is 2. The molecule has 30 heavy (non-hydrogen) atoms. The van der Waals surface area contributed by atoms with Crippen LogP contribution in [0.1, 0.15) is 21.6 Å². The zero-order valence-electron chi connectivity index (χ0n) is 17.7. The van der Waals surface area contributed by atoms with Gasteiger partial charge >= 0.3 is 0 Å². The molecule has 4 aromatic rings. The molecule has 2 aromatic heterocycles. The maximum atomic E-state index is 13.1. The Morgan fingerprint density at radius 3 is 2.53 bits per heavy atom. The van der Waals surface area contributed by atoms with Crippen molar-refractivity contribution in [3.63, 3.8) is 0 Å². The van der Waals surface area contributed by atoms with Crippen LogP contribution >= 0.6 is 0 Å². The van der Waals surface area contributed by atoms with Crippen molar-refractivity contribution in [3.05, 3.63) is 75.8 Å². The molecule has 0 saturated carbocycles. The van der Waals surface area contributed by atoms with Crippen LogP contribution in [0.15, 0.2) is 53.5 Å². The molecule has 0 unspecified atom stereocenters. The zero-order valence-corrected chi connectivity index (χ0v) is 17.7. The van der Waals surface area contributed by atoms with E-state index in [1.165, 1.54) is 15.8 Å². The molecule has 2 aromatic carbocycles. The fourth-order valence-corrected chi connectivity index (χ4v) is 3.99. The Labute approximate surface area is 174 Å². The van der Waals surface area contributed by atoms with Crippen molar-refractivity contribution >= 4 is 33.3 Å². The molecule has 0 aliphatic rings. The summed E-state index contributed by atoms with van der Waals surface area (Å²) < 4.78 is 8.92. The largest absolute Gasteiger partial charge is 0.383 e. The van der Waals surface area contributed by atoms with Crippen molar-refractivity contribution in [1.29, 1.82) is 0 Å². The van der Waals surface area contributed by atoms with Crippen LogP contribution in [-0.4, -0.2) is 28.8 Å². The third kappa shape index (κ3) is 3.29. The lowest BCUT2D eigenvalue weighted by Crippen LogP contribution is -2.21. The fraction of sp³-hybridized carbons (Fsp3) is 0.250. The SMILES string of the molecule is COCCn1c(C)c(C)c2cc(NC(=O)c3cn(C)c(=O)c4ccccc34)ccc21. The molecule has 0 aliphatic carbocycles. The molecular formula is C24H25N3O3. The van der Waals surface area contributed by atoms with E-state index < -0.39 is 0 Å². The van der Waals surface area contributed by atoms with Crippen molar-refractivity contribution in [2.75, 3.05) is 19.0 Å². The van der Waals surface area contributed by atoms with Gasteiger partial charge in [-0.3, -0.25) is 9.59 Å². The second-order valence-corrected chi connectivity index (χ2v) is 7.55. The number of rotatable bonds is 5. The van der Waals surface area contributed by atoms with Crippen LogP contribution in [0.2, 0.25) is 0 Å². The van der Waals surface area contributed by atoms with E-state index in [4.69, 9.17) is 4.74 Å². The smallest absolute Gasteiger partial charge is 0.258 e. The van der Waals surface area contributed by atoms with Gasteiger partial charge in [-0.05, 0) is 43.7 Å². The lowest BCUT2D eigenvalue weighted by molar-refractivity contribution is 0.102. The number of carbonyl (C=O) groups is 1. The highest BCUT2D eigenvalue weighted by molar-refractivity contribution is 6.13. The average Bonchev–Trinajstić information content (AvgIpc) is 2.99. The van der Waals surface area contributed by atoms with Crippen LogP contribution in [-0.2, 0) is 18.3 Å². The number of carbonyl (C=O) groups excluding carboxylic acids is 1. The van der Waals surface area contributed by atoms with Crippen LogP contribution in [0.25, 0.3) is 21.7 Å². The summed E-state index contributed by atoms with van der Waals surface area (Å²) >= 11 is 0. The Morgan fingerprint density at radius 1 is 1.07 bits per heavy atom. The molecule has 4 rings (SSSR count). The van der Waals surface area contributed by atoms with Crippen LogP contribution in [0.3, 0.4) is 0 Å². The number of amides is 1. The highest BCUT2D eigenvalue weighted by Crippen LogP contribution is 2.28. The summed E-state index contributed by atoms with van der Waals surface area (Å²) in [7, 11) is 3.36. The van der Waals surface area contributed by atoms with Crippen molar-refractivity contribution in [2.45, 2.75) is 20.4 Å². The van der Waals surface area contributed by atoms with Gasteiger partial charge in [-0.2, -0.15) is 0 Å². The second-order valence-electron chi connectivity index (χ2n) is 7.55. The van der Waals surface area contributed by atoms with Gasteiger partial charge in [0.1, 0.15) is 0 Å². The highest BCUT2D eigenvalue weighted by atomic mass is 16.5. The second kappa shape index (κ2) is 7.80. The first-order valence-electron chi connectivity index (χ1n) is 9.90. The molecule has 0 radical (unpaired) electrons. The normalized spacial score (nSPS) is 11.3.